The molecular formula is C25H43N3O3. The fourth-order valence-corrected chi connectivity index (χ4v) is 4.14. The van der Waals surface area contributed by atoms with Crippen molar-refractivity contribution in [3.05, 3.63) is 29.8 Å². The standard InChI is InChI=1S/C23H37N3O3.C2H6/c1-23(2,3)29-22(28)26-12-9-20(10-13-26)18-25-16-14-24(15-17-25)11-8-19-4-6-21(27)7-5-19;1-2/h4-7,20,27H,8-18H2,1-3H3;1-2H3. The van der Waals surface area contributed by atoms with E-state index in [0.29, 0.717) is 11.7 Å². The lowest BCUT2D eigenvalue weighted by molar-refractivity contribution is 0.0160. The van der Waals surface area contributed by atoms with Gasteiger partial charge in [-0.2, -0.15) is 0 Å². The summed E-state index contributed by atoms with van der Waals surface area (Å²) < 4.78 is 5.49. The maximum Gasteiger partial charge on any atom is 0.410 e. The minimum absolute atomic E-state index is 0.168. The number of likely N-dealkylation sites (tertiary alicyclic amines) is 1. The van der Waals surface area contributed by atoms with Gasteiger partial charge in [0.1, 0.15) is 11.4 Å². The van der Waals surface area contributed by atoms with Crippen LogP contribution in [0.5, 0.6) is 5.75 Å². The molecule has 1 amide bonds. The van der Waals surface area contributed by atoms with Gasteiger partial charge in [-0.25, -0.2) is 4.79 Å². The van der Waals surface area contributed by atoms with Gasteiger partial charge in [-0.05, 0) is 63.6 Å². The Morgan fingerprint density at radius 1 is 0.968 bits per heavy atom. The Morgan fingerprint density at radius 3 is 2.06 bits per heavy atom. The van der Waals surface area contributed by atoms with Gasteiger partial charge in [0.25, 0.3) is 0 Å². The van der Waals surface area contributed by atoms with Crippen LogP contribution in [-0.2, 0) is 11.2 Å². The van der Waals surface area contributed by atoms with E-state index < -0.39 is 5.60 Å². The van der Waals surface area contributed by atoms with E-state index in [2.05, 4.69) is 9.80 Å². The van der Waals surface area contributed by atoms with Gasteiger partial charge in [0, 0.05) is 52.4 Å². The predicted octanol–water partition coefficient (Wildman–Crippen LogP) is 4.23. The van der Waals surface area contributed by atoms with Crippen molar-refractivity contribution in [3.8, 4) is 5.75 Å². The van der Waals surface area contributed by atoms with Crippen LogP contribution in [0.2, 0.25) is 0 Å². The van der Waals surface area contributed by atoms with Crippen LogP contribution in [-0.4, -0.2) is 83.9 Å². The quantitative estimate of drug-likeness (QED) is 0.753. The summed E-state index contributed by atoms with van der Waals surface area (Å²) in [5.74, 6) is 1.01. The van der Waals surface area contributed by atoms with Gasteiger partial charge in [-0.3, -0.25) is 0 Å². The first-order chi connectivity index (χ1) is 14.8. The van der Waals surface area contributed by atoms with Crippen molar-refractivity contribution in [2.24, 2.45) is 5.92 Å². The monoisotopic (exact) mass is 433 g/mol. The number of ether oxygens (including phenoxy) is 1. The number of rotatable bonds is 5. The zero-order valence-corrected chi connectivity index (χ0v) is 20.3. The Hall–Kier alpha value is -1.79. The van der Waals surface area contributed by atoms with Crippen molar-refractivity contribution < 1.29 is 14.6 Å². The van der Waals surface area contributed by atoms with Crippen LogP contribution in [0, 0.1) is 5.92 Å². The number of phenolic OH excluding ortho intramolecular Hbond substituents is 1. The summed E-state index contributed by atoms with van der Waals surface area (Å²) in [5, 5.41) is 9.38. The molecule has 2 fully saturated rings. The molecule has 0 aliphatic carbocycles. The summed E-state index contributed by atoms with van der Waals surface area (Å²) in [7, 11) is 0. The third-order valence-electron chi connectivity index (χ3n) is 5.90. The number of benzene rings is 1. The molecule has 0 unspecified atom stereocenters. The van der Waals surface area contributed by atoms with Gasteiger partial charge >= 0.3 is 6.09 Å². The third-order valence-corrected chi connectivity index (χ3v) is 5.90. The molecule has 0 saturated carbocycles. The number of hydrogen-bond acceptors (Lipinski definition) is 5. The van der Waals surface area contributed by atoms with Crippen molar-refractivity contribution in [2.75, 3.05) is 52.4 Å². The summed E-state index contributed by atoms with van der Waals surface area (Å²) in [6.45, 7) is 18.1. The molecule has 0 aromatic heterocycles. The molecule has 2 aliphatic rings. The van der Waals surface area contributed by atoms with Crippen LogP contribution in [0.4, 0.5) is 4.79 Å². The van der Waals surface area contributed by atoms with E-state index in [0.717, 1.165) is 71.6 Å². The zero-order chi connectivity index (χ0) is 22.9. The smallest absolute Gasteiger partial charge is 0.410 e. The number of amides is 1. The van der Waals surface area contributed by atoms with E-state index in [1.54, 1.807) is 12.1 Å². The van der Waals surface area contributed by atoms with Gasteiger partial charge in [0.05, 0.1) is 0 Å². The molecule has 6 nitrogen and oxygen atoms in total. The fraction of sp³-hybridized carbons (Fsp3) is 0.720. The molecule has 2 heterocycles. The minimum atomic E-state index is -0.421. The second kappa shape index (κ2) is 12.3. The Labute approximate surface area is 189 Å². The zero-order valence-electron chi connectivity index (χ0n) is 20.3. The second-order valence-corrected chi connectivity index (χ2v) is 9.47. The summed E-state index contributed by atoms with van der Waals surface area (Å²) in [6.07, 6.45) is 3.00. The molecule has 2 aliphatic heterocycles. The van der Waals surface area contributed by atoms with E-state index in [1.807, 2.05) is 51.7 Å². The van der Waals surface area contributed by atoms with Crippen LogP contribution in [0.15, 0.2) is 24.3 Å². The number of piperazine rings is 1. The van der Waals surface area contributed by atoms with Crippen LogP contribution >= 0.6 is 0 Å². The first-order valence-electron chi connectivity index (χ1n) is 12.0. The molecule has 0 spiro atoms. The van der Waals surface area contributed by atoms with Crippen LogP contribution in [0.3, 0.4) is 0 Å². The van der Waals surface area contributed by atoms with E-state index in [-0.39, 0.29) is 6.09 Å². The molecule has 1 N–H and O–H groups in total. The van der Waals surface area contributed by atoms with Gasteiger partial charge in [0.15, 0.2) is 0 Å². The van der Waals surface area contributed by atoms with Crippen LogP contribution in [0.1, 0.15) is 53.0 Å². The van der Waals surface area contributed by atoms with Gasteiger partial charge in [-0.15, -0.1) is 0 Å². The highest BCUT2D eigenvalue weighted by Gasteiger charge is 2.28. The maximum absolute atomic E-state index is 12.2. The van der Waals surface area contributed by atoms with Crippen LogP contribution < -0.4 is 0 Å². The Kier molecular flexibility index (Phi) is 10.1. The van der Waals surface area contributed by atoms with Gasteiger partial charge in [0.2, 0.25) is 0 Å². The molecule has 3 rings (SSSR count). The average Bonchev–Trinajstić information content (AvgIpc) is 2.75. The largest absolute Gasteiger partial charge is 0.508 e. The van der Waals surface area contributed by atoms with Crippen molar-refractivity contribution in [1.29, 1.82) is 0 Å². The molecule has 1 aromatic rings. The van der Waals surface area contributed by atoms with Gasteiger partial charge < -0.3 is 24.5 Å². The molecule has 0 radical (unpaired) electrons. The lowest BCUT2D eigenvalue weighted by Gasteiger charge is -2.39. The van der Waals surface area contributed by atoms with Crippen LogP contribution in [0.25, 0.3) is 0 Å². The van der Waals surface area contributed by atoms with E-state index >= 15 is 0 Å². The molecule has 176 valence electrons. The Balaban J connectivity index is 0.00000166. The first-order valence-corrected chi connectivity index (χ1v) is 12.0. The first kappa shape index (κ1) is 25.5. The SMILES string of the molecule is CC.CC(C)(C)OC(=O)N1CCC(CN2CCN(CCc3ccc(O)cc3)CC2)CC1. The summed E-state index contributed by atoms with van der Waals surface area (Å²) >= 11 is 0. The summed E-state index contributed by atoms with van der Waals surface area (Å²) in [5.41, 5.74) is 0.859. The number of carbonyl (C=O) groups excluding carboxylic acids is 1. The highest BCUT2D eigenvalue weighted by molar-refractivity contribution is 5.68. The minimum Gasteiger partial charge on any atom is -0.508 e. The molecule has 0 bridgehead atoms. The number of hydrogen-bond donors (Lipinski definition) is 1. The number of nitrogens with zero attached hydrogens (tertiary/aromatic N) is 3. The number of phenols is 1. The fourth-order valence-electron chi connectivity index (χ4n) is 4.14. The number of piperidine rings is 1. The maximum atomic E-state index is 12.2. The predicted molar refractivity (Wildman–Crippen MR) is 127 cm³/mol. The van der Waals surface area contributed by atoms with Crippen molar-refractivity contribution >= 4 is 6.09 Å². The van der Waals surface area contributed by atoms with E-state index in [1.165, 1.54) is 5.56 Å². The Bertz CT molecular complexity index is 641. The Morgan fingerprint density at radius 2 is 1.52 bits per heavy atom. The third kappa shape index (κ3) is 9.08. The van der Waals surface area contributed by atoms with Crippen molar-refractivity contribution in [3.63, 3.8) is 0 Å². The van der Waals surface area contributed by atoms with E-state index in [4.69, 9.17) is 4.74 Å². The van der Waals surface area contributed by atoms with Gasteiger partial charge in [-0.1, -0.05) is 26.0 Å². The lowest BCUT2D eigenvalue weighted by Crippen LogP contribution is -2.49. The highest BCUT2D eigenvalue weighted by Crippen LogP contribution is 2.21. The molecule has 6 heteroatoms. The second-order valence-electron chi connectivity index (χ2n) is 9.47. The van der Waals surface area contributed by atoms with Crippen molar-refractivity contribution in [1.82, 2.24) is 14.7 Å². The average molecular weight is 434 g/mol. The molecule has 0 atom stereocenters. The van der Waals surface area contributed by atoms with Crippen molar-refractivity contribution in [2.45, 2.75) is 59.5 Å². The molecule has 1 aromatic carbocycles. The molecular weight excluding hydrogens is 390 g/mol. The summed E-state index contributed by atoms with van der Waals surface area (Å²) in [4.78, 5) is 19.2. The topological polar surface area (TPSA) is 56.2 Å². The molecule has 2 saturated heterocycles. The lowest BCUT2D eigenvalue weighted by atomic mass is 9.96. The number of carbonyl (C=O) groups is 1. The van der Waals surface area contributed by atoms with E-state index in [9.17, 15) is 9.90 Å². The highest BCUT2D eigenvalue weighted by atomic mass is 16.6. The summed E-state index contributed by atoms with van der Waals surface area (Å²) in [6, 6.07) is 7.55. The normalized spacial score (nSPS) is 18.9. The number of aromatic hydroxyl groups is 1. The molecule has 31 heavy (non-hydrogen) atoms.